The number of hydrogen-bond acceptors (Lipinski definition) is 3. The molecular weight excluding hydrogens is 340 g/mol. The average molecular weight is 362 g/mol. The Morgan fingerprint density at radius 2 is 1.89 bits per heavy atom. The molecule has 27 heavy (non-hydrogen) atoms. The van der Waals surface area contributed by atoms with E-state index in [0.29, 0.717) is 17.7 Å². The smallest absolute Gasteiger partial charge is 0.254 e. The summed E-state index contributed by atoms with van der Waals surface area (Å²) in [6.07, 6.45) is 1.97. The van der Waals surface area contributed by atoms with Crippen molar-refractivity contribution < 1.29 is 9.53 Å². The van der Waals surface area contributed by atoms with Crippen molar-refractivity contribution in [3.05, 3.63) is 82.1 Å². The first-order valence-electron chi connectivity index (χ1n) is 9.27. The Hall–Kier alpha value is -2.92. The highest BCUT2D eigenvalue weighted by atomic mass is 16.5. The first-order chi connectivity index (χ1) is 13.2. The molecule has 1 amide bonds. The number of pyridine rings is 1. The van der Waals surface area contributed by atoms with Gasteiger partial charge in [0.1, 0.15) is 0 Å². The maximum absolute atomic E-state index is 13.1. The Balaban J connectivity index is 1.65. The van der Waals surface area contributed by atoms with Crippen molar-refractivity contribution in [1.82, 2.24) is 9.88 Å². The maximum atomic E-state index is 13.1. The zero-order chi connectivity index (χ0) is 18.6. The molecule has 1 aromatic heterocycles. The molecule has 138 valence electrons. The van der Waals surface area contributed by atoms with Crippen molar-refractivity contribution in [3.63, 3.8) is 0 Å². The number of H-pyrrole nitrogens is 1. The third-order valence-electron chi connectivity index (χ3n) is 4.95. The van der Waals surface area contributed by atoms with Gasteiger partial charge in [-0.2, -0.15) is 0 Å². The lowest BCUT2D eigenvalue weighted by Gasteiger charge is -2.25. The number of benzene rings is 2. The summed E-state index contributed by atoms with van der Waals surface area (Å²) in [6.45, 7) is 1.47. The summed E-state index contributed by atoms with van der Waals surface area (Å²) < 4.78 is 5.73. The number of carbonyl (C=O) groups excluding carboxylic acids is 1. The molecule has 0 radical (unpaired) electrons. The van der Waals surface area contributed by atoms with E-state index in [2.05, 4.69) is 4.98 Å². The van der Waals surface area contributed by atoms with Crippen molar-refractivity contribution in [3.8, 4) is 0 Å². The molecule has 1 saturated heterocycles. The number of amides is 1. The number of carbonyl (C=O) groups is 1. The number of para-hydroxylation sites is 1. The molecule has 5 heteroatoms. The minimum atomic E-state index is -0.160. The molecule has 1 aliphatic rings. The molecule has 0 spiro atoms. The number of aromatic nitrogens is 1. The van der Waals surface area contributed by atoms with E-state index in [-0.39, 0.29) is 24.1 Å². The number of rotatable bonds is 5. The fraction of sp³-hybridized carbons (Fsp3) is 0.273. The Morgan fingerprint density at radius 3 is 2.67 bits per heavy atom. The van der Waals surface area contributed by atoms with Gasteiger partial charge in [0.05, 0.1) is 12.6 Å². The van der Waals surface area contributed by atoms with Gasteiger partial charge in [-0.3, -0.25) is 9.59 Å². The Labute approximate surface area is 157 Å². The van der Waals surface area contributed by atoms with Crippen LogP contribution in [-0.4, -0.2) is 35.0 Å². The van der Waals surface area contributed by atoms with Gasteiger partial charge < -0.3 is 14.6 Å². The number of fused-ring (bicyclic) bond motifs is 1. The molecule has 2 aromatic carbocycles. The molecule has 1 aliphatic heterocycles. The van der Waals surface area contributed by atoms with Gasteiger partial charge in [0.2, 0.25) is 0 Å². The summed E-state index contributed by atoms with van der Waals surface area (Å²) in [5.41, 5.74) is 1.84. The second-order valence-corrected chi connectivity index (χ2v) is 6.90. The Kier molecular flexibility index (Phi) is 5.03. The summed E-state index contributed by atoms with van der Waals surface area (Å²) >= 11 is 0. The van der Waals surface area contributed by atoms with E-state index < -0.39 is 0 Å². The van der Waals surface area contributed by atoms with Crippen molar-refractivity contribution in [2.45, 2.75) is 25.5 Å². The Morgan fingerprint density at radius 1 is 1.11 bits per heavy atom. The van der Waals surface area contributed by atoms with E-state index in [1.54, 1.807) is 17.0 Å². The quantitative estimate of drug-likeness (QED) is 0.757. The minimum absolute atomic E-state index is 0.0252. The highest BCUT2D eigenvalue weighted by molar-refractivity contribution is 5.94. The predicted molar refractivity (Wildman–Crippen MR) is 105 cm³/mol. The van der Waals surface area contributed by atoms with E-state index in [1.165, 1.54) is 0 Å². The molecule has 0 aliphatic carbocycles. The van der Waals surface area contributed by atoms with Crippen LogP contribution in [0.2, 0.25) is 0 Å². The number of ether oxygens (including phenoxy) is 1. The van der Waals surface area contributed by atoms with Crippen LogP contribution in [-0.2, 0) is 11.3 Å². The van der Waals surface area contributed by atoms with Crippen LogP contribution in [0, 0.1) is 0 Å². The van der Waals surface area contributed by atoms with E-state index >= 15 is 0 Å². The second kappa shape index (κ2) is 7.76. The predicted octanol–water partition coefficient (Wildman–Crippen LogP) is 3.35. The topological polar surface area (TPSA) is 62.4 Å². The molecule has 0 bridgehead atoms. The number of nitrogens with zero attached hydrogens (tertiary/aromatic N) is 1. The standard InChI is InChI=1S/C22H22N2O3/c25-21-18(13-17-9-4-5-11-20(17)23-21)14-24(15-19-10-6-12-27-19)22(26)16-7-2-1-3-8-16/h1-5,7-9,11,13,19H,6,10,12,14-15H2,(H,23,25)/t19-/m1/s1. The summed E-state index contributed by atoms with van der Waals surface area (Å²) in [5, 5.41) is 0.955. The van der Waals surface area contributed by atoms with Crippen molar-refractivity contribution in [2.75, 3.05) is 13.2 Å². The van der Waals surface area contributed by atoms with Crippen molar-refractivity contribution in [1.29, 1.82) is 0 Å². The highest BCUT2D eigenvalue weighted by Gasteiger charge is 2.24. The SMILES string of the molecule is O=C(c1ccccc1)N(Cc1cc2ccccc2[nH]c1=O)C[C@H]1CCCO1. The normalized spacial score (nSPS) is 16.5. The molecule has 5 nitrogen and oxygen atoms in total. The van der Waals surface area contributed by atoms with Crippen LogP contribution in [0.4, 0.5) is 0 Å². The lowest BCUT2D eigenvalue weighted by Crippen LogP contribution is -2.38. The van der Waals surface area contributed by atoms with Gasteiger partial charge in [-0.15, -0.1) is 0 Å². The minimum Gasteiger partial charge on any atom is -0.376 e. The van der Waals surface area contributed by atoms with Crippen LogP contribution in [0.25, 0.3) is 10.9 Å². The van der Waals surface area contributed by atoms with Crippen molar-refractivity contribution >= 4 is 16.8 Å². The molecule has 0 saturated carbocycles. The number of nitrogens with one attached hydrogen (secondary N) is 1. The molecule has 1 atom stereocenters. The highest BCUT2D eigenvalue weighted by Crippen LogP contribution is 2.18. The molecule has 2 heterocycles. The number of aromatic amines is 1. The van der Waals surface area contributed by atoms with Gasteiger partial charge in [0, 0.05) is 29.8 Å². The van der Waals surface area contributed by atoms with Crippen LogP contribution in [0.5, 0.6) is 0 Å². The van der Waals surface area contributed by atoms with Crippen LogP contribution in [0.1, 0.15) is 28.8 Å². The van der Waals surface area contributed by atoms with Gasteiger partial charge in [-0.05, 0) is 42.5 Å². The summed E-state index contributed by atoms with van der Waals surface area (Å²) in [6, 6.07) is 18.7. The van der Waals surface area contributed by atoms with Crippen LogP contribution < -0.4 is 5.56 Å². The zero-order valence-electron chi connectivity index (χ0n) is 15.1. The molecule has 3 aromatic rings. The van der Waals surface area contributed by atoms with Crippen molar-refractivity contribution in [2.24, 2.45) is 0 Å². The summed E-state index contributed by atoms with van der Waals surface area (Å²) in [5.74, 6) is -0.0846. The van der Waals surface area contributed by atoms with Crippen LogP contribution in [0.15, 0.2) is 65.5 Å². The summed E-state index contributed by atoms with van der Waals surface area (Å²) in [7, 11) is 0. The first-order valence-corrected chi connectivity index (χ1v) is 9.27. The van der Waals surface area contributed by atoms with Gasteiger partial charge in [-0.1, -0.05) is 36.4 Å². The van der Waals surface area contributed by atoms with Gasteiger partial charge in [0.15, 0.2) is 0 Å². The van der Waals surface area contributed by atoms with Crippen LogP contribution in [0.3, 0.4) is 0 Å². The van der Waals surface area contributed by atoms with E-state index in [9.17, 15) is 9.59 Å². The summed E-state index contributed by atoms with van der Waals surface area (Å²) in [4.78, 5) is 30.2. The third kappa shape index (κ3) is 3.93. The largest absolute Gasteiger partial charge is 0.376 e. The van der Waals surface area contributed by atoms with E-state index in [1.807, 2.05) is 48.5 Å². The van der Waals surface area contributed by atoms with E-state index in [4.69, 9.17) is 4.74 Å². The zero-order valence-corrected chi connectivity index (χ0v) is 15.1. The monoisotopic (exact) mass is 362 g/mol. The molecule has 1 fully saturated rings. The number of hydrogen-bond donors (Lipinski definition) is 1. The van der Waals surface area contributed by atoms with Gasteiger partial charge in [0.25, 0.3) is 11.5 Å². The van der Waals surface area contributed by atoms with Gasteiger partial charge in [-0.25, -0.2) is 0 Å². The molecular formula is C22H22N2O3. The fourth-order valence-electron chi connectivity index (χ4n) is 3.53. The lowest BCUT2D eigenvalue weighted by molar-refractivity contribution is 0.0506. The molecule has 4 rings (SSSR count). The first kappa shape index (κ1) is 17.5. The average Bonchev–Trinajstić information content (AvgIpc) is 3.21. The van der Waals surface area contributed by atoms with Crippen LogP contribution >= 0.6 is 0 Å². The van der Waals surface area contributed by atoms with Gasteiger partial charge >= 0.3 is 0 Å². The second-order valence-electron chi connectivity index (χ2n) is 6.90. The third-order valence-corrected chi connectivity index (χ3v) is 4.95. The Bertz CT molecular complexity index is 991. The lowest BCUT2D eigenvalue weighted by atomic mass is 10.1. The fourth-order valence-corrected chi connectivity index (χ4v) is 3.53. The molecule has 0 unspecified atom stereocenters. The maximum Gasteiger partial charge on any atom is 0.254 e. The molecule has 1 N–H and O–H groups in total. The van der Waals surface area contributed by atoms with E-state index in [0.717, 1.165) is 30.4 Å².